The van der Waals surface area contributed by atoms with Crippen LogP contribution in [0.2, 0.25) is 0 Å². The molecule has 1 aromatic heterocycles. The summed E-state index contributed by atoms with van der Waals surface area (Å²) >= 11 is 0. The first-order valence-corrected chi connectivity index (χ1v) is 8.49. The summed E-state index contributed by atoms with van der Waals surface area (Å²) in [6, 6.07) is 7.83. The molecule has 0 saturated carbocycles. The second-order valence-corrected chi connectivity index (χ2v) is 6.53. The van der Waals surface area contributed by atoms with Gasteiger partial charge in [0.15, 0.2) is 5.78 Å². The molecule has 1 saturated heterocycles. The van der Waals surface area contributed by atoms with E-state index >= 15 is 0 Å². The lowest BCUT2D eigenvalue weighted by atomic mass is 9.99. The monoisotopic (exact) mass is 312 g/mol. The molecule has 1 amide bonds. The van der Waals surface area contributed by atoms with Crippen molar-refractivity contribution in [1.29, 1.82) is 0 Å². The molecule has 0 N–H and O–H groups in total. The SMILES string of the molecule is CCC(=O)c1cn(CC(=O)N2CCC(C)CC2)c2ccccc12. The minimum atomic E-state index is 0.124. The number of ketones is 1. The van der Waals surface area contributed by atoms with Gasteiger partial charge in [0, 0.05) is 42.2 Å². The van der Waals surface area contributed by atoms with Gasteiger partial charge in [0.25, 0.3) is 0 Å². The largest absolute Gasteiger partial charge is 0.341 e. The average Bonchev–Trinajstić information content (AvgIpc) is 2.93. The normalized spacial score (nSPS) is 16.0. The Morgan fingerprint density at radius 3 is 2.57 bits per heavy atom. The summed E-state index contributed by atoms with van der Waals surface area (Å²) in [5.41, 5.74) is 1.69. The van der Waals surface area contributed by atoms with Crippen LogP contribution in [0.4, 0.5) is 0 Å². The Hall–Kier alpha value is -2.10. The fraction of sp³-hybridized carbons (Fsp3) is 0.474. The van der Waals surface area contributed by atoms with E-state index in [0.29, 0.717) is 18.9 Å². The Morgan fingerprint density at radius 2 is 1.87 bits per heavy atom. The standard InChI is InChI=1S/C19H24N2O2/c1-3-18(22)16-12-21(17-7-5-4-6-15(16)17)13-19(23)20-10-8-14(2)9-11-20/h4-7,12,14H,3,8-11,13H2,1-2H3. The Balaban J connectivity index is 1.85. The number of likely N-dealkylation sites (tertiary alicyclic amines) is 1. The average molecular weight is 312 g/mol. The van der Waals surface area contributed by atoms with E-state index in [1.54, 1.807) is 0 Å². The first kappa shape index (κ1) is 15.8. The quantitative estimate of drug-likeness (QED) is 0.811. The number of Topliss-reactive ketones (excluding diaryl/α,β-unsaturated/α-hetero) is 1. The molecule has 1 aliphatic rings. The molecular formula is C19H24N2O2. The number of piperidine rings is 1. The van der Waals surface area contributed by atoms with Crippen molar-refractivity contribution in [2.75, 3.05) is 13.1 Å². The van der Waals surface area contributed by atoms with Crippen LogP contribution >= 0.6 is 0 Å². The van der Waals surface area contributed by atoms with E-state index in [9.17, 15) is 9.59 Å². The van der Waals surface area contributed by atoms with Crippen molar-refractivity contribution >= 4 is 22.6 Å². The van der Waals surface area contributed by atoms with Gasteiger partial charge in [-0.25, -0.2) is 0 Å². The summed E-state index contributed by atoms with van der Waals surface area (Å²) in [5, 5.41) is 0.944. The third-order valence-corrected chi connectivity index (χ3v) is 4.85. The number of carbonyl (C=O) groups excluding carboxylic acids is 2. The maximum atomic E-state index is 12.6. The van der Waals surface area contributed by atoms with Crippen molar-refractivity contribution in [3.8, 4) is 0 Å². The lowest BCUT2D eigenvalue weighted by molar-refractivity contribution is -0.133. The molecule has 4 nitrogen and oxygen atoms in total. The molecule has 23 heavy (non-hydrogen) atoms. The zero-order chi connectivity index (χ0) is 16.4. The molecule has 2 heterocycles. The fourth-order valence-electron chi connectivity index (χ4n) is 3.29. The number of nitrogens with zero attached hydrogens (tertiary/aromatic N) is 2. The van der Waals surface area contributed by atoms with Gasteiger partial charge in [0.1, 0.15) is 6.54 Å². The van der Waals surface area contributed by atoms with E-state index in [0.717, 1.165) is 42.4 Å². The molecule has 4 heteroatoms. The summed E-state index contributed by atoms with van der Waals surface area (Å²) in [4.78, 5) is 26.7. The smallest absolute Gasteiger partial charge is 0.242 e. The van der Waals surface area contributed by atoms with E-state index in [1.807, 2.05) is 46.9 Å². The zero-order valence-electron chi connectivity index (χ0n) is 13.9. The number of amides is 1. The predicted octanol–water partition coefficient (Wildman–Crippen LogP) is 3.49. The van der Waals surface area contributed by atoms with Gasteiger partial charge >= 0.3 is 0 Å². The van der Waals surface area contributed by atoms with Gasteiger partial charge in [-0.15, -0.1) is 0 Å². The summed E-state index contributed by atoms with van der Waals surface area (Å²) in [5.74, 6) is 0.979. The molecule has 122 valence electrons. The summed E-state index contributed by atoms with van der Waals surface area (Å²) < 4.78 is 1.93. The number of hydrogen-bond acceptors (Lipinski definition) is 2. The lowest BCUT2D eigenvalue weighted by Crippen LogP contribution is -2.39. The highest BCUT2D eigenvalue weighted by Crippen LogP contribution is 2.23. The van der Waals surface area contributed by atoms with Gasteiger partial charge in [0.05, 0.1) is 0 Å². The first-order chi connectivity index (χ1) is 11.1. The molecule has 3 rings (SSSR count). The third kappa shape index (κ3) is 3.16. The Labute approximate surface area is 137 Å². The second kappa shape index (κ2) is 6.57. The van der Waals surface area contributed by atoms with Gasteiger partial charge in [-0.1, -0.05) is 32.0 Å². The van der Waals surface area contributed by atoms with Gasteiger partial charge in [-0.2, -0.15) is 0 Å². The number of aromatic nitrogens is 1. The number of carbonyl (C=O) groups is 2. The Morgan fingerprint density at radius 1 is 1.17 bits per heavy atom. The van der Waals surface area contributed by atoms with Crippen molar-refractivity contribution in [2.45, 2.75) is 39.7 Å². The van der Waals surface area contributed by atoms with E-state index in [2.05, 4.69) is 6.92 Å². The van der Waals surface area contributed by atoms with E-state index in [-0.39, 0.29) is 11.7 Å². The topological polar surface area (TPSA) is 42.3 Å². The van der Waals surface area contributed by atoms with Crippen LogP contribution in [0.25, 0.3) is 10.9 Å². The molecule has 0 unspecified atom stereocenters. The number of rotatable bonds is 4. The van der Waals surface area contributed by atoms with Crippen LogP contribution in [-0.2, 0) is 11.3 Å². The number of hydrogen-bond donors (Lipinski definition) is 0. The summed E-state index contributed by atoms with van der Waals surface area (Å²) in [7, 11) is 0. The molecule has 0 bridgehead atoms. The Bertz CT molecular complexity index is 724. The van der Waals surface area contributed by atoms with Crippen molar-refractivity contribution in [3.05, 3.63) is 36.0 Å². The molecule has 1 aromatic carbocycles. The molecule has 2 aromatic rings. The zero-order valence-corrected chi connectivity index (χ0v) is 13.9. The highest BCUT2D eigenvalue weighted by molar-refractivity contribution is 6.08. The molecule has 0 radical (unpaired) electrons. The van der Waals surface area contributed by atoms with E-state index in [4.69, 9.17) is 0 Å². The van der Waals surface area contributed by atoms with Crippen LogP contribution in [0.3, 0.4) is 0 Å². The predicted molar refractivity (Wildman–Crippen MR) is 91.5 cm³/mol. The van der Waals surface area contributed by atoms with Gasteiger partial charge in [-0.05, 0) is 24.8 Å². The van der Waals surface area contributed by atoms with Crippen LogP contribution < -0.4 is 0 Å². The summed E-state index contributed by atoms with van der Waals surface area (Å²) in [6.07, 6.45) is 4.49. The van der Waals surface area contributed by atoms with Crippen LogP contribution in [0, 0.1) is 5.92 Å². The highest BCUT2D eigenvalue weighted by atomic mass is 16.2. The third-order valence-electron chi connectivity index (χ3n) is 4.85. The van der Waals surface area contributed by atoms with E-state index in [1.165, 1.54) is 0 Å². The van der Waals surface area contributed by atoms with Crippen LogP contribution in [0.5, 0.6) is 0 Å². The van der Waals surface area contributed by atoms with Gasteiger partial charge in [0.2, 0.25) is 5.91 Å². The van der Waals surface area contributed by atoms with Crippen LogP contribution in [0.1, 0.15) is 43.5 Å². The van der Waals surface area contributed by atoms with Crippen molar-refractivity contribution in [2.24, 2.45) is 5.92 Å². The molecular weight excluding hydrogens is 288 g/mol. The number of benzene rings is 1. The van der Waals surface area contributed by atoms with Crippen molar-refractivity contribution in [1.82, 2.24) is 9.47 Å². The molecule has 0 aliphatic carbocycles. The molecule has 0 spiro atoms. The van der Waals surface area contributed by atoms with Crippen molar-refractivity contribution in [3.63, 3.8) is 0 Å². The lowest BCUT2D eigenvalue weighted by Gasteiger charge is -2.30. The Kier molecular flexibility index (Phi) is 4.51. The molecule has 1 aliphatic heterocycles. The van der Waals surface area contributed by atoms with Crippen molar-refractivity contribution < 1.29 is 9.59 Å². The minimum absolute atomic E-state index is 0.124. The first-order valence-electron chi connectivity index (χ1n) is 8.49. The second-order valence-electron chi connectivity index (χ2n) is 6.53. The maximum absolute atomic E-state index is 12.6. The molecule has 0 atom stereocenters. The van der Waals surface area contributed by atoms with Gasteiger partial charge in [-0.3, -0.25) is 9.59 Å². The van der Waals surface area contributed by atoms with Gasteiger partial charge < -0.3 is 9.47 Å². The van der Waals surface area contributed by atoms with Crippen LogP contribution in [0.15, 0.2) is 30.5 Å². The molecule has 1 fully saturated rings. The van der Waals surface area contributed by atoms with E-state index < -0.39 is 0 Å². The number of para-hydroxylation sites is 1. The fourth-order valence-corrected chi connectivity index (χ4v) is 3.29. The maximum Gasteiger partial charge on any atom is 0.242 e. The summed E-state index contributed by atoms with van der Waals surface area (Å²) in [6.45, 7) is 6.12. The number of fused-ring (bicyclic) bond motifs is 1. The van der Waals surface area contributed by atoms with Crippen LogP contribution in [-0.4, -0.2) is 34.2 Å². The highest BCUT2D eigenvalue weighted by Gasteiger charge is 2.21. The minimum Gasteiger partial charge on any atom is -0.341 e.